The predicted molar refractivity (Wildman–Crippen MR) is 229 cm³/mol. The van der Waals surface area contributed by atoms with Crippen LogP contribution in [-0.2, 0) is 0 Å². The van der Waals surface area contributed by atoms with Crippen molar-refractivity contribution < 1.29 is 0 Å². The molecule has 0 radical (unpaired) electrons. The Labute approximate surface area is 316 Å². The SMILES string of the molecule is c1ccc(-c2ccc(N(c3ccc(-c4ccccc4)cc3-c3ccccc3)c3cccc4c3sc3cc5sc(-c6ccccc6)nc5cc34)cc2)cc1. The molecule has 0 aliphatic heterocycles. The van der Waals surface area contributed by atoms with Gasteiger partial charge in [-0.2, -0.15) is 0 Å². The highest BCUT2D eigenvalue weighted by Gasteiger charge is 2.22. The molecule has 0 spiro atoms. The minimum absolute atomic E-state index is 1.04. The fraction of sp³-hybridized carbons (Fsp3) is 0. The van der Waals surface area contributed by atoms with Gasteiger partial charge in [0.1, 0.15) is 5.01 Å². The van der Waals surface area contributed by atoms with Gasteiger partial charge in [0.15, 0.2) is 0 Å². The molecule has 2 nitrogen and oxygen atoms in total. The number of fused-ring (bicyclic) bond motifs is 4. The lowest BCUT2D eigenvalue weighted by Gasteiger charge is -2.29. The van der Waals surface area contributed by atoms with E-state index in [1.54, 1.807) is 11.3 Å². The van der Waals surface area contributed by atoms with E-state index >= 15 is 0 Å². The van der Waals surface area contributed by atoms with Crippen LogP contribution >= 0.6 is 22.7 Å². The van der Waals surface area contributed by atoms with Crippen LogP contribution in [0.2, 0.25) is 0 Å². The van der Waals surface area contributed by atoms with Crippen LogP contribution in [0.15, 0.2) is 194 Å². The largest absolute Gasteiger partial charge is 0.308 e. The van der Waals surface area contributed by atoms with E-state index in [4.69, 9.17) is 4.98 Å². The van der Waals surface area contributed by atoms with Gasteiger partial charge in [-0.15, -0.1) is 22.7 Å². The van der Waals surface area contributed by atoms with Gasteiger partial charge in [0.25, 0.3) is 0 Å². The maximum atomic E-state index is 5.10. The molecule has 0 unspecified atom stereocenters. The average Bonchev–Trinajstić information content (AvgIpc) is 3.83. The van der Waals surface area contributed by atoms with Crippen LogP contribution in [0.4, 0.5) is 17.1 Å². The average molecular weight is 713 g/mol. The highest BCUT2D eigenvalue weighted by atomic mass is 32.1. The second-order valence-corrected chi connectivity index (χ2v) is 15.3. The van der Waals surface area contributed by atoms with Crippen molar-refractivity contribution in [2.24, 2.45) is 0 Å². The lowest BCUT2D eigenvalue weighted by atomic mass is 9.96. The van der Waals surface area contributed by atoms with E-state index in [1.165, 1.54) is 58.3 Å². The standard InChI is InChI=1S/C49H32N2S2/c1-5-14-33(15-6-1)35-24-27-39(28-25-35)51(44-29-26-38(34-16-7-2-8-17-34)30-41(44)36-18-9-3-10-19-36)45-23-13-22-40-42-31-43-47(32-46(42)52-48(40)45)53-49(50-43)37-20-11-4-12-21-37/h1-32H. The highest BCUT2D eigenvalue weighted by molar-refractivity contribution is 7.27. The zero-order chi connectivity index (χ0) is 35.1. The quantitative estimate of drug-likeness (QED) is 0.164. The number of benzene rings is 8. The summed E-state index contributed by atoms with van der Waals surface area (Å²) >= 11 is 3.63. The molecule has 53 heavy (non-hydrogen) atoms. The van der Waals surface area contributed by atoms with E-state index in [9.17, 15) is 0 Å². The molecule has 0 N–H and O–H groups in total. The molecule has 0 amide bonds. The van der Waals surface area contributed by atoms with Crippen LogP contribution in [0.3, 0.4) is 0 Å². The van der Waals surface area contributed by atoms with Crippen LogP contribution in [0.25, 0.3) is 74.3 Å². The lowest BCUT2D eigenvalue weighted by molar-refractivity contribution is 1.30. The van der Waals surface area contributed by atoms with Gasteiger partial charge in [-0.25, -0.2) is 4.98 Å². The number of nitrogens with zero attached hydrogens (tertiary/aromatic N) is 2. The molecule has 4 heteroatoms. The summed E-state index contributed by atoms with van der Waals surface area (Å²) in [6, 6.07) is 69.8. The second-order valence-electron chi connectivity index (χ2n) is 13.2. The molecule has 0 aliphatic carbocycles. The Morgan fingerprint density at radius 1 is 0.377 bits per heavy atom. The Bertz CT molecular complexity index is 2860. The zero-order valence-electron chi connectivity index (χ0n) is 28.7. The summed E-state index contributed by atoms with van der Waals surface area (Å²) in [5.74, 6) is 0. The summed E-state index contributed by atoms with van der Waals surface area (Å²) in [6.07, 6.45) is 0. The van der Waals surface area contributed by atoms with Crippen LogP contribution in [0.1, 0.15) is 0 Å². The van der Waals surface area contributed by atoms with Crippen LogP contribution in [0, 0.1) is 0 Å². The van der Waals surface area contributed by atoms with Gasteiger partial charge < -0.3 is 4.90 Å². The van der Waals surface area contributed by atoms with E-state index in [0.717, 1.165) is 33.1 Å². The monoisotopic (exact) mass is 712 g/mol. The third-order valence-corrected chi connectivity index (χ3v) is 12.2. The summed E-state index contributed by atoms with van der Waals surface area (Å²) in [4.78, 5) is 7.55. The first kappa shape index (κ1) is 31.4. The third kappa shape index (κ3) is 5.79. The number of hydrogen-bond acceptors (Lipinski definition) is 4. The lowest BCUT2D eigenvalue weighted by Crippen LogP contribution is -2.11. The molecule has 0 saturated carbocycles. The molecule has 10 aromatic rings. The molecule has 2 aromatic heterocycles. The molecule has 250 valence electrons. The maximum Gasteiger partial charge on any atom is 0.124 e. The van der Waals surface area contributed by atoms with Crippen molar-refractivity contribution in [1.82, 2.24) is 4.98 Å². The Morgan fingerprint density at radius 3 is 1.64 bits per heavy atom. The second kappa shape index (κ2) is 13.3. The minimum atomic E-state index is 1.04. The van der Waals surface area contributed by atoms with E-state index in [0.29, 0.717) is 0 Å². The molecular formula is C49H32N2S2. The third-order valence-electron chi connectivity index (χ3n) is 9.91. The first-order valence-electron chi connectivity index (χ1n) is 17.8. The smallest absolute Gasteiger partial charge is 0.124 e. The molecule has 10 rings (SSSR count). The van der Waals surface area contributed by atoms with Gasteiger partial charge in [0.05, 0.1) is 26.3 Å². The molecule has 8 aromatic carbocycles. The predicted octanol–water partition coefficient (Wildman–Crippen LogP) is 14.8. The van der Waals surface area contributed by atoms with Gasteiger partial charge in [-0.05, 0) is 70.3 Å². The molecular weight excluding hydrogens is 681 g/mol. The van der Waals surface area contributed by atoms with Crippen molar-refractivity contribution in [2.45, 2.75) is 0 Å². The first-order chi connectivity index (χ1) is 26.3. The number of rotatable bonds is 7. The van der Waals surface area contributed by atoms with Gasteiger partial charge in [0, 0.05) is 32.3 Å². The molecule has 2 heterocycles. The number of anilines is 3. The van der Waals surface area contributed by atoms with Crippen molar-refractivity contribution in [2.75, 3.05) is 4.90 Å². The van der Waals surface area contributed by atoms with E-state index in [-0.39, 0.29) is 0 Å². The maximum absolute atomic E-state index is 5.10. The normalized spacial score (nSPS) is 11.4. The number of thiophene rings is 1. The zero-order valence-corrected chi connectivity index (χ0v) is 30.3. The van der Waals surface area contributed by atoms with Crippen molar-refractivity contribution in [3.63, 3.8) is 0 Å². The summed E-state index contributed by atoms with van der Waals surface area (Å²) in [5.41, 5.74) is 12.7. The number of hydrogen-bond donors (Lipinski definition) is 0. The van der Waals surface area contributed by atoms with Gasteiger partial charge in [-0.1, -0.05) is 152 Å². The minimum Gasteiger partial charge on any atom is -0.308 e. The van der Waals surface area contributed by atoms with Gasteiger partial charge in [-0.3, -0.25) is 0 Å². The number of aromatic nitrogens is 1. The molecule has 0 fully saturated rings. The van der Waals surface area contributed by atoms with Crippen molar-refractivity contribution >= 4 is 70.1 Å². The molecule has 0 saturated heterocycles. The Kier molecular flexibility index (Phi) is 7.90. The fourth-order valence-electron chi connectivity index (χ4n) is 7.32. The van der Waals surface area contributed by atoms with Crippen LogP contribution in [0.5, 0.6) is 0 Å². The van der Waals surface area contributed by atoms with E-state index in [1.807, 2.05) is 11.3 Å². The van der Waals surface area contributed by atoms with E-state index in [2.05, 4.69) is 199 Å². The summed E-state index contributed by atoms with van der Waals surface area (Å²) < 4.78 is 3.73. The molecule has 0 atom stereocenters. The summed E-state index contributed by atoms with van der Waals surface area (Å²) in [5, 5.41) is 3.54. The van der Waals surface area contributed by atoms with Crippen LogP contribution < -0.4 is 4.90 Å². The first-order valence-corrected chi connectivity index (χ1v) is 19.4. The molecule has 0 bridgehead atoms. The van der Waals surface area contributed by atoms with Crippen molar-refractivity contribution in [3.8, 4) is 44.0 Å². The van der Waals surface area contributed by atoms with E-state index < -0.39 is 0 Å². The summed E-state index contributed by atoms with van der Waals surface area (Å²) in [6.45, 7) is 0. The fourth-order valence-corrected chi connectivity index (χ4v) is 9.61. The van der Waals surface area contributed by atoms with Gasteiger partial charge >= 0.3 is 0 Å². The topological polar surface area (TPSA) is 16.1 Å². The molecule has 0 aliphatic rings. The Hall–Kier alpha value is -6.33. The number of thiazole rings is 1. The Balaban J connectivity index is 1.19. The van der Waals surface area contributed by atoms with Crippen LogP contribution in [-0.4, -0.2) is 4.98 Å². The Morgan fingerprint density at radius 2 is 0.962 bits per heavy atom. The summed E-state index contributed by atoms with van der Waals surface area (Å²) in [7, 11) is 0. The highest BCUT2D eigenvalue weighted by Crippen LogP contribution is 2.49. The van der Waals surface area contributed by atoms with Crippen molar-refractivity contribution in [3.05, 3.63) is 194 Å². The van der Waals surface area contributed by atoms with Crippen molar-refractivity contribution in [1.29, 1.82) is 0 Å². The van der Waals surface area contributed by atoms with Gasteiger partial charge in [0.2, 0.25) is 0 Å².